The lowest BCUT2D eigenvalue weighted by molar-refractivity contribution is -0.129. The first kappa shape index (κ1) is 25.2. The van der Waals surface area contributed by atoms with Crippen molar-refractivity contribution < 1.29 is 9.53 Å². The molecule has 0 radical (unpaired) electrons. The van der Waals surface area contributed by atoms with E-state index in [0.717, 1.165) is 67.7 Å². The maximum Gasteiger partial charge on any atom is 0.229 e. The van der Waals surface area contributed by atoms with Crippen LogP contribution in [0.5, 0.6) is 5.75 Å². The summed E-state index contributed by atoms with van der Waals surface area (Å²) < 4.78 is 5.81. The van der Waals surface area contributed by atoms with Crippen molar-refractivity contribution in [3.05, 3.63) is 47.7 Å². The lowest BCUT2D eigenvalue weighted by Crippen LogP contribution is -2.48. The Morgan fingerprint density at radius 3 is 2.69 bits per heavy atom. The number of aryl methyl sites for hydroxylation is 2. The molecule has 10 nitrogen and oxygen atoms in total. The molecule has 2 bridgehead atoms. The van der Waals surface area contributed by atoms with E-state index in [1.165, 1.54) is 11.3 Å². The number of hydrogen-bond acceptors (Lipinski definition) is 9. The van der Waals surface area contributed by atoms with Crippen LogP contribution in [-0.2, 0) is 4.79 Å². The highest BCUT2D eigenvalue weighted by Gasteiger charge is 2.44. The van der Waals surface area contributed by atoms with Gasteiger partial charge in [0.05, 0.1) is 12.6 Å². The molecule has 0 spiro atoms. The number of anilines is 6. The second-order valence-electron chi connectivity index (χ2n) is 10.7. The van der Waals surface area contributed by atoms with Crippen LogP contribution in [0.15, 0.2) is 36.5 Å². The fourth-order valence-corrected chi connectivity index (χ4v) is 5.99. The predicted octanol–water partition coefficient (Wildman–Crippen LogP) is 4.39. The van der Waals surface area contributed by atoms with Crippen molar-refractivity contribution >= 4 is 40.7 Å². The minimum Gasteiger partial charge on any atom is -0.488 e. The van der Waals surface area contributed by atoms with Crippen molar-refractivity contribution in [2.75, 3.05) is 53.2 Å². The number of aromatic nitrogens is 3. The van der Waals surface area contributed by atoms with Gasteiger partial charge in [-0.3, -0.25) is 4.79 Å². The third-order valence-corrected chi connectivity index (χ3v) is 7.88. The van der Waals surface area contributed by atoms with Crippen LogP contribution in [0.1, 0.15) is 37.8 Å². The van der Waals surface area contributed by atoms with E-state index in [4.69, 9.17) is 14.7 Å². The molecular weight excluding hydrogens is 492 g/mol. The molecule has 39 heavy (non-hydrogen) atoms. The van der Waals surface area contributed by atoms with Gasteiger partial charge in [-0.15, -0.1) is 0 Å². The number of ether oxygens (including phenoxy) is 1. The number of amides is 1. The molecule has 3 aliphatic heterocycles. The molecular formula is C29H36N8O2. The van der Waals surface area contributed by atoms with E-state index < -0.39 is 0 Å². The Morgan fingerprint density at radius 1 is 1.08 bits per heavy atom. The lowest BCUT2D eigenvalue weighted by Gasteiger charge is -2.36. The molecule has 3 aromatic rings. The van der Waals surface area contributed by atoms with Crippen molar-refractivity contribution in [3.63, 3.8) is 0 Å². The van der Waals surface area contributed by atoms with Gasteiger partial charge in [0.2, 0.25) is 11.9 Å². The highest BCUT2D eigenvalue weighted by atomic mass is 16.5. The zero-order valence-corrected chi connectivity index (χ0v) is 23.1. The van der Waals surface area contributed by atoms with Crippen molar-refractivity contribution in [3.8, 4) is 5.75 Å². The number of nitrogens with zero attached hydrogens (tertiary/aromatic N) is 6. The minimum atomic E-state index is 0.181. The molecule has 1 aromatic carbocycles. The summed E-state index contributed by atoms with van der Waals surface area (Å²) in [6.07, 6.45) is 3.91. The Labute approximate surface area is 229 Å². The van der Waals surface area contributed by atoms with Gasteiger partial charge in [-0.2, -0.15) is 4.98 Å². The van der Waals surface area contributed by atoms with Gasteiger partial charge < -0.3 is 30.1 Å². The summed E-state index contributed by atoms with van der Waals surface area (Å²) in [6.45, 7) is 12.1. The molecule has 10 heteroatoms. The number of benzene rings is 1. The average Bonchev–Trinajstić information content (AvgIpc) is 3.53. The summed E-state index contributed by atoms with van der Waals surface area (Å²) in [5.74, 6) is 3.81. The highest BCUT2D eigenvalue weighted by Crippen LogP contribution is 2.37. The molecule has 5 heterocycles. The number of hydrogen-bond donors (Lipinski definition) is 2. The van der Waals surface area contributed by atoms with Crippen molar-refractivity contribution in [2.24, 2.45) is 0 Å². The molecule has 204 valence electrons. The largest absolute Gasteiger partial charge is 0.488 e. The predicted molar refractivity (Wildman–Crippen MR) is 154 cm³/mol. The number of rotatable bonds is 7. The van der Waals surface area contributed by atoms with Gasteiger partial charge in [-0.05, 0) is 62.6 Å². The molecule has 2 aromatic heterocycles. The number of likely N-dealkylation sites (tertiary alicyclic amines) is 1. The Kier molecular flexibility index (Phi) is 6.62. The molecule has 2 fully saturated rings. The first-order chi connectivity index (χ1) is 18.9. The van der Waals surface area contributed by atoms with Crippen molar-refractivity contribution in [1.82, 2.24) is 19.9 Å². The van der Waals surface area contributed by atoms with Crippen LogP contribution >= 0.6 is 0 Å². The van der Waals surface area contributed by atoms with E-state index in [1.807, 2.05) is 30.2 Å². The van der Waals surface area contributed by atoms with E-state index in [0.29, 0.717) is 30.5 Å². The van der Waals surface area contributed by atoms with Crippen LogP contribution in [-0.4, -0.2) is 70.6 Å². The lowest BCUT2D eigenvalue weighted by atomic mass is 10.1. The Hall–Kier alpha value is -4.08. The molecule has 6 rings (SSSR count). The molecule has 3 aliphatic rings. The van der Waals surface area contributed by atoms with Crippen LogP contribution in [0, 0.1) is 13.8 Å². The zero-order valence-electron chi connectivity index (χ0n) is 23.1. The topological polar surface area (TPSA) is 98.8 Å². The van der Waals surface area contributed by atoms with Crippen LogP contribution in [0.2, 0.25) is 0 Å². The van der Waals surface area contributed by atoms with Crippen LogP contribution in [0.4, 0.5) is 34.8 Å². The van der Waals surface area contributed by atoms with E-state index in [1.54, 1.807) is 6.92 Å². The minimum absolute atomic E-state index is 0.181. The van der Waals surface area contributed by atoms with Crippen molar-refractivity contribution in [2.45, 2.75) is 52.6 Å². The Morgan fingerprint density at radius 2 is 1.95 bits per heavy atom. The third kappa shape index (κ3) is 4.91. The van der Waals surface area contributed by atoms with Crippen LogP contribution in [0.25, 0.3) is 0 Å². The van der Waals surface area contributed by atoms with E-state index in [2.05, 4.69) is 57.5 Å². The number of nitrogens with one attached hydrogen (secondary N) is 2. The summed E-state index contributed by atoms with van der Waals surface area (Å²) in [7, 11) is 0. The fourth-order valence-electron chi connectivity index (χ4n) is 5.99. The van der Waals surface area contributed by atoms with Gasteiger partial charge in [0.1, 0.15) is 18.2 Å². The van der Waals surface area contributed by atoms with Gasteiger partial charge in [0.15, 0.2) is 11.6 Å². The second kappa shape index (κ2) is 10.2. The smallest absolute Gasteiger partial charge is 0.229 e. The molecule has 2 atom stereocenters. The van der Waals surface area contributed by atoms with Gasteiger partial charge in [0.25, 0.3) is 0 Å². The number of fused-ring (bicyclic) bond motifs is 3. The fraction of sp³-hybridized carbons (Fsp3) is 0.448. The van der Waals surface area contributed by atoms with E-state index in [-0.39, 0.29) is 5.91 Å². The Balaban J connectivity index is 1.16. The molecule has 1 amide bonds. The van der Waals surface area contributed by atoms with Gasteiger partial charge in [0, 0.05) is 55.7 Å². The first-order valence-electron chi connectivity index (χ1n) is 13.8. The van der Waals surface area contributed by atoms with E-state index in [9.17, 15) is 4.79 Å². The molecule has 2 N–H and O–H groups in total. The monoisotopic (exact) mass is 528 g/mol. The normalized spacial score (nSPS) is 19.6. The number of piperazine rings is 1. The highest BCUT2D eigenvalue weighted by molar-refractivity contribution is 5.75. The van der Waals surface area contributed by atoms with Gasteiger partial charge >= 0.3 is 0 Å². The standard InChI is InChI=1S/C29H36N8O2/c1-5-10-35-11-12-39-25-8-9-26(33-28(25)35)32-27-19(3)15-30-29(34-27)31-21-6-7-24(18(2)13-21)37-17-22-14-23(37)16-36(22)20(4)38/h6-9,13,15,22-23H,5,10-12,14,16-17H2,1-4H3,(H2,30,31,32,33,34). The number of pyridine rings is 1. The van der Waals surface area contributed by atoms with Crippen molar-refractivity contribution in [1.29, 1.82) is 0 Å². The summed E-state index contributed by atoms with van der Waals surface area (Å²) in [6, 6.07) is 11.0. The van der Waals surface area contributed by atoms with Gasteiger partial charge in [-0.1, -0.05) is 6.92 Å². The third-order valence-electron chi connectivity index (χ3n) is 7.88. The maximum atomic E-state index is 11.9. The second-order valence-corrected chi connectivity index (χ2v) is 10.7. The number of carbonyl (C=O) groups is 1. The molecule has 2 saturated heterocycles. The quantitative estimate of drug-likeness (QED) is 0.462. The Bertz CT molecular complexity index is 1400. The number of carbonyl (C=O) groups excluding carboxylic acids is 1. The summed E-state index contributed by atoms with van der Waals surface area (Å²) in [5.41, 5.74) is 4.27. The zero-order chi connectivity index (χ0) is 27.1. The SMILES string of the molecule is CCCN1CCOc2ccc(Nc3nc(Nc4ccc(N5CC6CC5CN6C(C)=O)c(C)c4)ncc3C)nc21. The molecule has 2 unspecified atom stereocenters. The molecule has 0 aliphatic carbocycles. The summed E-state index contributed by atoms with van der Waals surface area (Å²) in [5, 5.41) is 6.74. The summed E-state index contributed by atoms with van der Waals surface area (Å²) in [4.78, 5) is 32.7. The molecule has 0 saturated carbocycles. The van der Waals surface area contributed by atoms with Crippen LogP contribution in [0.3, 0.4) is 0 Å². The summed E-state index contributed by atoms with van der Waals surface area (Å²) >= 11 is 0. The first-order valence-corrected chi connectivity index (χ1v) is 13.8. The van der Waals surface area contributed by atoms with Gasteiger partial charge in [-0.25, -0.2) is 9.97 Å². The van der Waals surface area contributed by atoms with E-state index >= 15 is 0 Å². The van der Waals surface area contributed by atoms with Crippen LogP contribution < -0.4 is 25.2 Å². The average molecular weight is 529 g/mol. The maximum absolute atomic E-state index is 11.9.